The van der Waals surface area contributed by atoms with Crippen LogP contribution in [-0.4, -0.2) is 44.3 Å². The Kier molecular flexibility index (Phi) is 7.86. The van der Waals surface area contributed by atoms with Gasteiger partial charge in [0.1, 0.15) is 5.82 Å². The van der Waals surface area contributed by atoms with Gasteiger partial charge in [-0.3, -0.25) is 9.59 Å². The van der Waals surface area contributed by atoms with Gasteiger partial charge in [-0.15, -0.1) is 0 Å². The second-order valence-corrected chi connectivity index (χ2v) is 9.98. The van der Waals surface area contributed by atoms with E-state index < -0.39 is 40.2 Å². The van der Waals surface area contributed by atoms with Gasteiger partial charge in [0.2, 0.25) is 10.0 Å². The predicted octanol–water partition coefficient (Wildman–Crippen LogP) is 3.30. The van der Waals surface area contributed by atoms with Crippen LogP contribution >= 0.6 is 11.6 Å². The zero-order valence-corrected chi connectivity index (χ0v) is 19.0. The molecule has 2 unspecified atom stereocenters. The maximum absolute atomic E-state index is 13.1. The number of rotatable bonds is 7. The van der Waals surface area contributed by atoms with Crippen molar-refractivity contribution in [2.45, 2.75) is 30.7 Å². The number of piperidine rings is 1. The second-order valence-electron chi connectivity index (χ2n) is 7.60. The van der Waals surface area contributed by atoms with Crippen molar-refractivity contribution < 1.29 is 27.1 Å². The Balaban J connectivity index is 1.53. The zero-order valence-electron chi connectivity index (χ0n) is 17.5. The molecule has 0 bridgehead atoms. The molecule has 1 heterocycles. The molecule has 0 aliphatic carbocycles. The number of nitrogens with one attached hydrogen (secondary N) is 1. The number of carbonyl (C=O) groups excluding carboxylic acids is 2. The van der Waals surface area contributed by atoms with Crippen LogP contribution in [-0.2, 0) is 24.3 Å². The molecule has 0 aromatic heterocycles. The Bertz CT molecular complexity index is 1060. The smallest absolute Gasteiger partial charge is 0.310 e. The van der Waals surface area contributed by atoms with Gasteiger partial charge in [0.25, 0.3) is 5.91 Å². The molecule has 2 aromatic carbocycles. The van der Waals surface area contributed by atoms with Gasteiger partial charge in [0.15, 0.2) is 6.61 Å². The van der Waals surface area contributed by atoms with Gasteiger partial charge in [0.05, 0.1) is 16.9 Å². The minimum absolute atomic E-state index is 0.0384. The molecule has 1 fully saturated rings. The third kappa shape index (κ3) is 6.05. The number of carbonyl (C=O) groups is 2. The highest BCUT2D eigenvalue weighted by Crippen LogP contribution is 2.25. The Hall–Kier alpha value is -2.49. The van der Waals surface area contributed by atoms with Crippen molar-refractivity contribution in [1.82, 2.24) is 9.62 Å². The quantitative estimate of drug-likeness (QED) is 0.611. The molecule has 32 heavy (non-hydrogen) atoms. The lowest BCUT2D eigenvalue weighted by atomic mass is 10.00. The Morgan fingerprint density at radius 2 is 1.84 bits per heavy atom. The van der Waals surface area contributed by atoms with E-state index in [0.29, 0.717) is 17.9 Å². The van der Waals surface area contributed by atoms with Crippen molar-refractivity contribution in [2.75, 3.05) is 19.7 Å². The summed E-state index contributed by atoms with van der Waals surface area (Å²) in [7, 11) is -3.86. The Morgan fingerprint density at radius 3 is 2.50 bits per heavy atom. The zero-order chi connectivity index (χ0) is 23.3. The molecule has 0 spiro atoms. The highest BCUT2D eigenvalue weighted by atomic mass is 35.5. The number of halogens is 2. The summed E-state index contributed by atoms with van der Waals surface area (Å²) in [5.41, 5.74) is 0.850. The molecule has 7 nitrogen and oxygen atoms in total. The van der Waals surface area contributed by atoms with E-state index in [1.807, 2.05) is 0 Å². The van der Waals surface area contributed by atoms with Crippen molar-refractivity contribution in [3.8, 4) is 0 Å². The summed E-state index contributed by atoms with van der Waals surface area (Å²) in [6.07, 6.45) is 0.928. The molecular weight excluding hydrogens is 459 g/mol. The molecule has 172 valence electrons. The van der Waals surface area contributed by atoms with E-state index in [-0.39, 0.29) is 24.0 Å². The van der Waals surface area contributed by atoms with Crippen molar-refractivity contribution >= 4 is 33.5 Å². The number of hydrogen-bond donors (Lipinski definition) is 1. The average molecular weight is 483 g/mol. The summed E-state index contributed by atoms with van der Waals surface area (Å²) in [5.74, 6) is -2.31. The van der Waals surface area contributed by atoms with E-state index in [0.717, 1.165) is 17.7 Å². The highest BCUT2D eigenvalue weighted by molar-refractivity contribution is 7.89. The number of ether oxygens (including phenoxy) is 1. The average Bonchev–Trinajstić information content (AvgIpc) is 2.78. The van der Waals surface area contributed by atoms with Gasteiger partial charge in [-0.2, -0.15) is 4.31 Å². The van der Waals surface area contributed by atoms with Crippen LogP contribution in [0.4, 0.5) is 4.39 Å². The molecule has 0 saturated carbocycles. The molecule has 1 saturated heterocycles. The van der Waals surface area contributed by atoms with E-state index in [1.165, 1.54) is 16.4 Å². The summed E-state index contributed by atoms with van der Waals surface area (Å²) in [5, 5.41) is 3.32. The number of esters is 1. The van der Waals surface area contributed by atoms with Crippen molar-refractivity contribution in [1.29, 1.82) is 0 Å². The van der Waals surface area contributed by atoms with Crippen molar-refractivity contribution in [3.63, 3.8) is 0 Å². The topological polar surface area (TPSA) is 92.8 Å². The molecule has 10 heteroatoms. The van der Waals surface area contributed by atoms with Crippen LogP contribution in [0.5, 0.6) is 0 Å². The van der Waals surface area contributed by atoms with Gasteiger partial charge >= 0.3 is 5.97 Å². The Morgan fingerprint density at radius 1 is 1.19 bits per heavy atom. The molecule has 1 amide bonds. The third-order valence-electron chi connectivity index (χ3n) is 5.26. The van der Waals surface area contributed by atoms with Crippen molar-refractivity contribution in [3.05, 3.63) is 64.9 Å². The number of benzene rings is 2. The fourth-order valence-electron chi connectivity index (χ4n) is 3.48. The van der Waals surface area contributed by atoms with Gasteiger partial charge in [-0.05, 0) is 61.7 Å². The molecule has 1 aliphatic heterocycles. The maximum Gasteiger partial charge on any atom is 0.310 e. The van der Waals surface area contributed by atoms with Crippen LogP contribution < -0.4 is 5.32 Å². The monoisotopic (exact) mass is 482 g/mol. The van der Waals surface area contributed by atoms with Crippen LogP contribution in [0.2, 0.25) is 5.02 Å². The van der Waals surface area contributed by atoms with E-state index >= 15 is 0 Å². The molecular formula is C22H24ClFN2O5S. The van der Waals surface area contributed by atoms with E-state index in [1.54, 1.807) is 31.2 Å². The fourth-order valence-corrected chi connectivity index (χ4v) is 5.13. The summed E-state index contributed by atoms with van der Waals surface area (Å²) in [6, 6.07) is 11.2. The second kappa shape index (κ2) is 10.4. The first-order valence-corrected chi connectivity index (χ1v) is 12.0. The first kappa shape index (κ1) is 24.2. The largest absolute Gasteiger partial charge is 0.455 e. The highest BCUT2D eigenvalue weighted by Gasteiger charge is 2.34. The van der Waals surface area contributed by atoms with Gasteiger partial charge in [-0.25, -0.2) is 12.8 Å². The SMILES string of the molecule is CC(NC(=O)COC(=O)C1CCCN(S(=O)(=O)c2ccc(F)cc2)C1)c1ccc(Cl)cc1. The number of sulfonamides is 1. The van der Waals surface area contributed by atoms with Crippen LogP contribution in [0.3, 0.4) is 0 Å². The van der Waals surface area contributed by atoms with Crippen LogP contribution in [0.25, 0.3) is 0 Å². The van der Waals surface area contributed by atoms with Gasteiger partial charge < -0.3 is 10.1 Å². The fraction of sp³-hybridized carbons (Fsp3) is 0.364. The number of hydrogen-bond acceptors (Lipinski definition) is 5. The minimum Gasteiger partial charge on any atom is -0.455 e. The van der Waals surface area contributed by atoms with Crippen LogP contribution in [0, 0.1) is 11.7 Å². The summed E-state index contributed by atoms with van der Waals surface area (Å²) >= 11 is 5.86. The number of nitrogens with zero attached hydrogens (tertiary/aromatic N) is 1. The van der Waals surface area contributed by atoms with Gasteiger partial charge in [-0.1, -0.05) is 23.7 Å². The molecule has 2 atom stereocenters. The van der Waals surface area contributed by atoms with E-state index in [2.05, 4.69) is 5.32 Å². The first-order chi connectivity index (χ1) is 15.2. The normalized spacial score (nSPS) is 18.0. The van der Waals surface area contributed by atoms with Crippen LogP contribution in [0.15, 0.2) is 53.4 Å². The standard InChI is InChI=1S/C22H24ClFN2O5S/c1-15(16-4-6-18(23)7-5-16)25-21(27)14-31-22(28)17-3-2-12-26(13-17)32(29,30)20-10-8-19(24)9-11-20/h4-11,15,17H,2-3,12-14H2,1H3,(H,25,27). The molecule has 2 aromatic rings. The summed E-state index contributed by atoms with van der Waals surface area (Å²) in [4.78, 5) is 24.6. The summed E-state index contributed by atoms with van der Waals surface area (Å²) in [6.45, 7) is 1.53. The molecule has 1 aliphatic rings. The van der Waals surface area contributed by atoms with Crippen molar-refractivity contribution in [2.24, 2.45) is 5.92 Å². The first-order valence-electron chi connectivity index (χ1n) is 10.1. The van der Waals surface area contributed by atoms with Crippen LogP contribution in [0.1, 0.15) is 31.4 Å². The third-order valence-corrected chi connectivity index (χ3v) is 7.39. The summed E-state index contributed by atoms with van der Waals surface area (Å²) < 4.78 is 45.0. The lowest BCUT2D eigenvalue weighted by molar-refractivity contribution is -0.153. The maximum atomic E-state index is 13.1. The van der Waals surface area contributed by atoms with E-state index in [4.69, 9.17) is 16.3 Å². The predicted molar refractivity (Wildman–Crippen MR) is 117 cm³/mol. The molecule has 3 rings (SSSR count). The lowest BCUT2D eigenvalue weighted by Crippen LogP contribution is -2.43. The van der Waals surface area contributed by atoms with Gasteiger partial charge in [0, 0.05) is 18.1 Å². The minimum atomic E-state index is -3.86. The number of amides is 1. The Labute approximate surface area is 191 Å². The molecule has 0 radical (unpaired) electrons. The molecule has 1 N–H and O–H groups in total. The van der Waals surface area contributed by atoms with E-state index in [9.17, 15) is 22.4 Å². The lowest BCUT2D eigenvalue weighted by Gasteiger charge is -2.30.